The Morgan fingerprint density at radius 2 is 1.94 bits per heavy atom. The van der Waals surface area contributed by atoms with E-state index in [2.05, 4.69) is 36.3 Å². The van der Waals surface area contributed by atoms with Crippen molar-refractivity contribution in [2.24, 2.45) is 0 Å². The number of nitrogens with two attached hydrogens (primary N) is 1. The van der Waals surface area contributed by atoms with E-state index in [1.165, 1.54) is 18.4 Å². The molecule has 0 bridgehead atoms. The third kappa shape index (κ3) is 2.67. The number of aryl methyl sites for hydroxylation is 2. The molecule has 1 aromatic heterocycles. The fourth-order valence-corrected chi connectivity index (χ4v) is 1.80. The van der Waals surface area contributed by atoms with Gasteiger partial charge in [0.05, 0.1) is 23.3 Å². The highest BCUT2D eigenvalue weighted by Gasteiger charge is 2.02. The van der Waals surface area contributed by atoms with Crippen LogP contribution in [-0.4, -0.2) is 9.78 Å². The Labute approximate surface area is 102 Å². The summed E-state index contributed by atoms with van der Waals surface area (Å²) in [5.41, 5.74) is 9.84. The number of rotatable bonds is 4. The van der Waals surface area contributed by atoms with Gasteiger partial charge < -0.3 is 5.73 Å². The molecule has 2 N–H and O–H groups in total. The quantitative estimate of drug-likeness (QED) is 0.875. The summed E-state index contributed by atoms with van der Waals surface area (Å²) >= 11 is 0. The Morgan fingerprint density at radius 1 is 1.24 bits per heavy atom. The monoisotopic (exact) mass is 229 g/mol. The average Bonchev–Trinajstić information content (AvgIpc) is 2.68. The number of hydrogen-bond acceptors (Lipinski definition) is 2. The lowest BCUT2D eigenvalue weighted by Crippen LogP contribution is -1.95. The Bertz CT molecular complexity index is 463. The number of benzene rings is 1. The van der Waals surface area contributed by atoms with Gasteiger partial charge in [0.2, 0.25) is 0 Å². The second kappa shape index (κ2) is 5.04. The van der Waals surface area contributed by atoms with E-state index >= 15 is 0 Å². The van der Waals surface area contributed by atoms with Crippen LogP contribution < -0.4 is 5.73 Å². The highest BCUT2D eigenvalue weighted by molar-refractivity contribution is 5.44. The molecule has 0 saturated carbocycles. The van der Waals surface area contributed by atoms with Crippen LogP contribution in [-0.2, 0) is 6.42 Å². The van der Waals surface area contributed by atoms with Gasteiger partial charge >= 0.3 is 0 Å². The molecule has 0 amide bonds. The smallest absolute Gasteiger partial charge is 0.0827 e. The Morgan fingerprint density at radius 3 is 2.47 bits per heavy atom. The first-order valence-corrected chi connectivity index (χ1v) is 6.11. The average molecular weight is 229 g/mol. The van der Waals surface area contributed by atoms with Crippen LogP contribution in [0.25, 0.3) is 5.69 Å². The summed E-state index contributed by atoms with van der Waals surface area (Å²) in [5, 5.41) is 4.36. The molecular formula is C14H19N3. The van der Waals surface area contributed by atoms with E-state index in [1.807, 2.05) is 17.8 Å². The molecule has 0 aliphatic carbocycles. The van der Waals surface area contributed by atoms with Gasteiger partial charge in [-0.1, -0.05) is 25.5 Å². The third-order valence-corrected chi connectivity index (χ3v) is 2.96. The second-order valence-electron chi connectivity index (χ2n) is 4.38. The summed E-state index contributed by atoms with van der Waals surface area (Å²) < 4.78 is 1.83. The largest absolute Gasteiger partial charge is 0.396 e. The van der Waals surface area contributed by atoms with Gasteiger partial charge in [-0.2, -0.15) is 5.10 Å². The van der Waals surface area contributed by atoms with Crippen LogP contribution in [0.15, 0.2) is 30.5 Å². The van der Waals surface area contributed by atoms with Gasteiger partial charge in [0.15, 0.2) is 0 Å². The topological polar surface area (TPSA) is 43.8 Å². The van der Waals surface area contributed by atoms with Crippen LogP contribution in [0, 0.1) is 6.92 Å². The summed E-state index contributed by atoms with van der Waals surface area (Å²) in [6.45, 7) is 4.13. The van der Waals surface area contributed by atoms with E-state index in [0.29, 0.717) is 0 Å². The maximum atomic E-state index is 5.79. The Kier molecular flexibility index (Phi) is 3.47. The number of nitrogen functional groups attached to an aromatic ring is 1. The van der Waals surface area contributed by atoms with Crippen LogP contribution in [0.1, 0.15) is 31.0 Å². The number of anilines is 1. The minimum absolute atomic E-state index is 0.736. The maximum absolute atomic E-state index is 5.79. The Balaban J connectivity index is 2.17. The highest BCUT2D eigenvalue weighted by Crippen LogP contribution is 2.14. The summed E-state index contributed by atoms with van der Waals surface area (Å²) in [4.78, 5) is 0. The zero-order valence-corrected chi connectivity index (χ0v) is 10.5. The fourth-order valence-electron chi connectivity index (χ4n) is 1.80. The first-order chi connectivity index (χ1) is 8.20. The molecule has 2 aromatic rings. The zero-order valence-electron chi connectivity index (χ0n) is 10.5. The van der Waals surface area contributed by atoms with E-state index < -0.39 is 0 Å². The van der Waals surface area contributed by atoms with Gasteiger partial charge in [-0.25, -0.2) is 4.68 Å². The molecule has 3 nitrogen and oxygen atoms in total. The number of unbranched alkanes of at least 4 members (excludes halogenated alkanes) is 1. The molecule has 0 aliphatic rings. The zero-order chi connectivity index (χ0) is 12.3. The molecule has 1 aromatic carbocycles. The lowest BCUT2D eigenvalue weighted by Gasteiger charge is -2.03. The summed E-state index contributed by atoms with van der Waals surface area (Å²) in [6.07, 6.45) is 5.48. The van der Waals surface area contributed by atoms with Crippen molar-refractivity contribution in [2.45, 2.75) is 33.1 Å². The van der Waals surface area contributed by atoms with E-state index in [-0.39, 0.29) is 0 Å². The molecule has 1 heterocycles. The standard InChI is InChI=1S/C14H19N3/c1-3-4-5-12-6-8-13(9-7-12)17-10-14(15)11(2)16-17/h6-10H,3-5,15H2,1-2H3. The van der Waals surface area contributed by atoms with Crippen LogP contribution in [0.5, 0.6) is 0 Å². The van der Waals surface area contributed by atoms with E-state index in [4.69, 9.17) is 5.73 Å². The summed E-state index contributed by atoms with van der Waals surface area (Å²) in [5.74, 6) is 0. The maximum Gasteiger partial charge on any atom is 0.0827 e. The molecule has 90 valence electrons. The van der Waals surface area contributed by atoms with Crippen molar-refractivity contribution in [1.82, 2.24) is 9.78 Å². The van der Waals surface area contributed by atoms with Crippen LogP contribution in [0.2, 0.25) is 0 Å². The second-order valence-corrected chi connectivity index (χ2v) is 4.38. The van der Waals surface area contributed by atoms with Crippen LogP contribution in [0.4, 0.5) is 5.69 Å². The van der Waals surface area contributed by atoms with E-state index in [0.717, 1.165) is 23.5 Å². The van der Waals surface area contributed by atoms with Gasteiger partial charge in [-0.05, 0) is 37.5 Å². The van der Waals surface area contributed by atoms with Gasteiger partial charge in [-0.3, -0.25) is 0 Å². The normalized spacial score (nSPS) is 10.7. The molecule has 0 saturated heterocycles. The van der Waals surface area contributed by atoms with Gasteiger partial charge in [-0.15, -0.1) is 0 Å². The lowest BCUT2D eigenvalue weighted by atomic mass is 10.1. The molecule has 0 aliphatic heterocycles. The van der Waals surface area contributed by atoms with Crippen molar-refractivity contribution in [2.75, 3.05) is 5.73 Å². The molecule has 0 radical (unpaired) electrons. The molecule has 0 atom stereocenters. The van der Waals surface area contributed by atoms with Crippen molar-refractivity contribution in [3.63, 3.8) is 0 Å². The fraction of sp³-hybridized carbons (Fsp3) is 0.357. The highest BCUT2D eigenvalue weighted by atomic mass is 15.3. The minimum atomic E-state index is 0.736. The molecule has 3 heteroatoms. The van der Waals surface area contributed by atoms with Crippen molar-refractivity contribution in [3.05, 3.63) is 41.7 Å². The minimum Gasteiger partial charge on any atom is -0.396 e. The van der Waals surface area contributed by atoms with Gasteiger partial charge in [0, 0.05) is 0 Å². The third-order valence-electron chi connectivity index (χ3n) is 2.96. The number of nitrogens with zero attached hydrogens (tertiary/aromatic N) is 2. The van der Waals surface area contributed by atoms with Crippen LogP contribution in [0.3, 0.4) is 0 Å². The predicted molar refractivity (Wildman–Crippen MR) is 71.3 cm³/mol. The first kappa shape index (κ1) is 11.7. The molecule has 0 unspecified atom stereocenters. The van der Waals surface area contributed by atoms with Crippen molar-refractivity contribution >= 4 is 5.69 Å². The van der Waals surface area contributed by atoms with Crippen molar-refractivity contribution < 1.29 is 0 Å². The SMILES string of the molecule is CCCCc1ccc(-n2cc(N)c(C)n2)cc1. The van der Waals surface area contributed by atoms with Crippen molar-refractivity contribution in [1.29, 1.82) is 0 Å². The summed E-state index contributed by atoms with van der Waals surface area (Å²) in [6, 6.07) is 8.52. The van der Waals surface area contributed by atoms with Gasteiger partial charge in [0.25, 0.3) is 0 Å². The molecule has 0 fully saturated rings. The van der Waals surface area contributed by atoms with E-state index in [9.17, 15) is 0 Å². The molecule has 17 heavy (non-hydrogen) atoms. The predicted octanol–water partition coefficient (Wildman–Crippen LogP) is 3.11. The number of aromatic nitrogens is 2. The molecule has 2 rings (SSSR count). The Hall–Kier alpha value is -1.77. The van der Waals surface area contributed by atoms with E-state index in [1.54, 1.807) is 0 Å². The summed E-state index contributed by atoms with van der Waals surface area (Å²) in [7, 11) is 0. The number of hydrogen-bond donors (Lipinski definition) is 1. The lowest BCUT2D eigenvalue weighted by molar-refractivity contribution is 0.793. The van der Waals surface area contributed by atoms with Crippen LogP contribution >= 0.6 is 0 Å². The molecular weight excluding hydrogens is 210 g/mol. The first-order valence-electron chi connectivity index (χ1n) is 6.11. The molecule has 0 spiro atoms. The van der Waals surface area contributed by atoms with Crippen molar-refractivity contribution in [3.8, 4) is 5.69 Å². The van der Waals surface area contributed by atoms with Gasteiger partial charge in [0.1, 0.15) is 0 Å².